The zero-order chi connectivity index (χ0) is 19.7. The Morgan fingerprint density at radius 3 is 2.74 bits per heavy atom. The zero-order valence-electron chi connectivity index (χ0n) is 15.1. The highest BCUT2D eigenvalue weighted by molar-refractivity contribution is 5.96. The van der Waals surface area contributed by atoms with E-state index in [9.17, 15) is 23.5 Å². The number of carboxylic acid groups (broad SMARTS) is 1. The van der Waals surface area contributed by atoms with Crippen LogP contribution in [0.25, 0.3) is 5.69 Å². The summed E-state index contributed by atoms with van der Waals surface area (Å²) in [7, 11) is 0. The Hall–Kier alpha value is -2.77. The Balaban J connectivity index is 1.99. The summed E-state index contributed by atoms with van der Waals surface area (Å²) in [6, 6.07) is 2.74. The molecule has 0 radical (unpaired) electrons. The third-order valence-electron chi connectivity index (χ3n) is 5.07. The number of hydrogen-bond acceptors (Lipinski definition) is 3. The summed E-state index contributed by atoms with van der Waals surface area (Å²) in [5, 5.41) is 16.1. The summed E-state index contributed by atoms with van der Waals surface area (Å²) in [5.74, 6) is -4.03. The second-order valence-corrected chi connectivity index (χ2v) is 6.79. The van der Waals surface area contributed by atoms with Crippen molar-refractivity contribution in [2.75, 3.05) is 0 Å². The van der Waals surface area contributed by atoms with Crippen LogP contribution in [-0.4, -0.2) is 32.8 Å². The van der Waals surface area contributed by atoms with Gasteiger partial charge in [-0.15, -0.1) is 0 Å². The number of fused-ring (bicyclic) bond motifs is 1. The topological polar surface area (TPSA) is 84.2 Å². The van der Waals surface area contributed by atoms with Gasteiger partial charge in [-0.3, -0.25) is 4.79 Å². The largest absolute Gasteiger partial charge is 0.480 e. The minimum Gasteiger partial charge on any atom is -0.480 e. The molecule has 0 fully saturated rings. The van der Waals surface area contributed by atoms with Crippen molar-refractivity contribution in [1.82, 2.24) is 15.1 Å². The molecule has 144 valence electrons. The summed E-state index contributed by atoms with van der Waals surface area (Å²) in [6.07, 6.45) is 2.51. The number of aliphatic carboxylic acids is 1. The van der Waals surface area contributed by atoms with Gasteiger partial charge in [-0.1, -0.05) is 26.3 Å². The van der Waals surface area contributed by atoms with Crippen LogP contribution in [-0.2, 0) is 17.6 Å². The lowest BCUT2D eigenvalue weighted by Gasteiger charge is -2.19. The van der Waals surface area contributed by atoms with E-state index >= 15 is 0 Å². The van der Waals surface area contributed by atoms with Crippen LogP contribution in [0, 0.1) is 17.6 Å². The predicted molar refractivity (Wildman–Crippen MR) is 93.9 cm³/mol. The molecule has 2 aromatic rings. The molecular weight excluding hydrogens is 356 g/mol. The second-order valence-electron chi connectivity index (χ2n) is 6.79. The summed E-state index contributed by atoms with van der Waals surface area (Å²) >= 11 is 0. The van der Waals surface area contributed by atoms with E-state index in [0.717, 1.165) is 12.5 Å². The SMILES string of the molecule is CCC(C)C(NC(=O)c1nn(-c2cccc(F)c2F)c2c1CCC2)C(=O)O. The van der Waals surface area contributed by atoms with Gasteiger partial charge in [-0.05, 0) is 37.3 Å². The lowest BCUT2D eigenvalue weighted by Crippen LogP contribution is -2.45. The summed E-state index contributed by atoms with van der Waals surface area (Å²) in [4.78, 5) is 24.2. The minimum atomic E-state index is -1.12. The van der Waals surface area contributed by atoms with Crippen LogP contribution in [0.15, 0.2) is 18.2 Å². The molecule has 0 aliphatic heterocycles. The molecule has 8 heteroatoms. The van der Waals surface area contributed by atoms with E-state index in [1.54, 1.807) is 6.92 Å². The minimum absolute atomic E-state index is 0.0658. The van der Waals surface area contributed by atoms with E-state index in [0.29, 0.717) is 30.5 Å². The van der Waals surface area contributed by atoms with Crippen molar-refractivity contribution >= 4 is 11.9 Å². The van der Waals surface area contributed by atoms with Crippen LogP contribution in [0.3, 0.4) is 0 Å². The third kappa shape index (κ3) is 3.43. The molecule has 0 bridgehead atoms. The molecule has 27 heavy (non-hydrogen) atoms. The van der Waals surface area contributed by atoms with Crippen molar-refractivity contribution in [1.29, 1.82) is 0 Å². The van der Waals surface area contributed by atoms with E-state index in [4.69, 9.17) is 0 Å². The molecule has 1 aromatic heterocycles. The first-order valence-corrected chi connectivity index (χ1v) is 8.94. The maximum absolute atomic E-state index is 14.2. The molecule has 1 amide bonds. The zero-order valence-corrected chi connectivity index (χ0v) is 15.1. The molecule has 0 saturated carbocycles. The Morgan fingerprint density at radius 1 is 1.33 bits per heavy atom. The molecule has 2 N–H and O–H groups in total. The number of hydrogen-bond donors (Lipinski definition) is 2. The van der Waals surface area contributed by atoms with Crippen LogP contribution in [0.5, 0.6) is 0 Å². The van der Waals surface area contributed by atoms with Gasteiger partial charge in [0.25, 0.3) is 5.91 Å². The lowest BCUT2D eigenvalue weighted by molar-refractivity contribution is -0.140. The highest BCUT2D eigenvalue weighted by atomic mass is 19.2. The van der Waals surface area contributed by atoms with E-state index in [1.165, 1.54) is 16.8 Å². The molecule has 2 unspecified atom stereocenters. The number of rotatable bonds is 6. The molecule has 1 aromatic carbocycles. The number of nitrogens with one attached hydrogen (secondary N) is 1. The fourth-order valence-electron chi connectivity index (χ4n) is 3.37. The van der Waals surface area contributed by atoms with Crippen LogP contribution >= 0.6 is 0 Å². The Labute approximate surface area is 155 Å². The first kappa shape index (κ1) is 19.0. The van der Waals surface area contributed by atoms with Gasteiger partial charge in [-0.2, -0.15) is 5.10 Å². The smallest absolute Gasteiger partial charge is 0.326 e. The van der Waals surface area contributed by atoms with Crippen LogP contribution in [0.1, 0.15) is 48.4 Å². The van der Waals surface area contributed by atoms with Gasteiger partial charge >= 0.3 is 5.97 Å². The quantitative estimate of drug-likeness (QED) is 0.811. The summed E-state index contributed by atoms with van der Waals surface area (Å²) < 4.78 is 29.1. The molecular formula is C19H21F2N3O3. The lowest BCUT2D eigenvalue weighted by atomic mass is 9.99. The molecule has 0 saturated heterocycles. The molecule has 2 atom stereocenters. The van der Waals surface area contributed by atoms with Crippen molar-refractivity contribution in [3.8, 4) is 5.69 Å². The van der Waals surface area contributed by atoms with Crippen molar-refractivity contribution < 1.29 is 23.5 Å². The molecule has 3 rings (SSSR count). The highest BCUT2D eigenvalue weighted by Gasteiger charge is 2.31. The number of nitrogens with zero attached hydrogens (tertiary/aromatic N) is 2. The van der Waals surface area contributed by atoms with Gasteiger partial charge in [0, 0.05) is 11.3 Å². The molecule has 1 aliphatic rings. The Morgan fingerprint density at radius 2 is 2.07 bits per heavy atom. The van der Waals surface area contributed by atoms with Gasteiger partial charge in [-0.25, -0.2) is 18.3 Å². The third-order valence-corrected chi connectivity index (χ3v) is 5.07. The number of carbonyl (C=O) groups is 2. The van der Waals surface area contributed by atoms with Crippen LogP contribution in [0.2, 0.25) is 0 Å². The molecule has 1 aliphatic carbocycles. The summed E-state index contributed by atoms with van der Waals surface area (Å²) in [6.45, 7) is 3.58. The van der Waals surface area contributed by atoms with Crippen molar-refractivity contribution in [3.05, 3.63) is 46.8 Å². The van der Waals surface area contributed by atoms with E-state index in [2.05, 4.69) is 10.4 Å². The molecule has 6 nitrogen and oxygen atoms in total. The Bertz CT molecular complexity index is 895. The second kappa shape index (κ2) is 7.46. The molecule has 0 spiro atoms. The highest BCUT2D eigenvalue weighted by Crippen LogP contribution is 2.29. The van der Waals surface area contributed by atoms with Crippen LogP contribution < -0.4 is 5.32 Å². The first-order valence-electron chi connectivity index (χ1n) is 8.94. The monoisotopic (exact) mass is 377 g/mol. The number of carboxylic acids is 1. The normalized spacial score (nSPS) is 15.3. The first-order chi connectivity index (χ1) is 12.8. The van der Waals surface area contributed by atoms with E-state index < -0.39 is 29.6 Å². The van der Waals surface area contributed by atoms with Crippen molar-refractivity contribution in [2.24, 2.45) is 5.92 Å². The number of halogens is 2. The fourth-order valence-corrected chi connectivity index (χ4v) is 3.37. The Kier molecular flexibility index (Phi) is 5.25. The van der Waals surface area contributed by atoms with Gasteiger partial charge in [0.1, 0.15) is 11.7 Å². The van der Waals surface area contributed by atoms with Crippen LogP contribution in [0.4, 0.5) is 8.78 Å². The van der Waals surface area contributed by atoms with E-state index in [1.807, 2.05) is 6.92 Å². The van der Waals surface area contributed by atoms with Gasteiger partial charge in [0.2, 0.25) is 0 Å². The van der Waals surface area contributed by atoms with Gasteiger partial charge < -0.3 is 10.4 Å². The van der Waals surface area contributed by atoms with Crippen molar-refractivity contribution in [2.45, 2.75) is 45.6 Å². The summed E-state index contributed by atoms with van der Waals surface area (Å²) in [5.41, 5.74) is 1.31. The number of benzene rings is 1. The standard InChI is InChI=1S/C19H21F2N3O3/c1-3-10(2)16(19(26)27)22-18(25)17-11-6-4-8-13(11)24(23-17)14-9-5-7-12(20)15(14)21/h5,7,9-10,16H,3-4,6,8H2,1-2H3,(H,22,25)(H,26,27). The average molecular weight is 377 g/mol. The number of amides is 1. The number of aromatic nitrogens is 2. The average Bonchev–Trinajstić information content (AvgIpc) is 3.23. The predicted octanol–water partition coefficient (Wildman–Crippen LogP) is 2.87. The van der Waals surface area contributed by atoms with E-state index in [-0.39, 0.29) is 17.3 Å². The van der Waals surface area contributed by atoms with Gasteiger partial charge in [0.15, 0.2) is 17.3 Å². The maximum Gasteiger partial charge on any atom is 0.326 e. The number of carbonyl (C=O) groups excluding carboxylic acids is 1. The van der Waals surface area contributed by atoms with Crippen molar-refractivity contribution in [3.63, 3.8) is 0 Å². The fraction of sp³-hybridized carbons (Fsp3) is 0.421. The molecule has 1 heterocycles. The maximum atomic E-state index is 14.2. The van der Waals surface area contributed by atoms with Gasteiger partial charge in [0.05, 0.1) is 0 Å².